The SMILES string of the molecule is C=C1c2ccccc2C(=O)N1CCC(=O)OCc1cccc2ccccc12. The average Bonchev–Trinajstić information content (AvgIpc) is 2.95. The van der Waals surface area contributed by atoms with Crippen LogP contribution in [0.5, 0.6) is 0 Å². The minimum Gasteiger partial charge on any atom is -0.461 e. The summed E-state index contributed by atoms with van der Waals surface area (Å²) in [4.78, 5) is 26.2. The predicted octanol–water partition coefficient (Wildman–Crippen LogP) is 4.40. The van der Waals surface area contributed by atoms with Crippen LogP contribution in [0.4, 0.5) is 0 Å². The topological polar surface area (TPSA) is 46.6 Å². The van der Waals surface area contributed by atoms with Gasteiger partial charge < -0.3 is 9.64 Å². The van der Waals surface area contributed by atoms with Gasteiger partial charge in [0, 0.05) is 23.4 Å². The van der Waals surface area contributed by atoms with E-state index in [0.717, 1.165) is 21.9 Å². The third-order valence-corrected chi connectivity index (χ3v) is 4.85. The van der Waals surface area contributed by atoms with Crippen LogP contribution < -0.4 is 0 Å². The van der Waals surface area contributed by atoms with Crippen molar-refractivity contribution in [2.45, 2.75) is 13.0 Å². The maximum absolute atomic E-state index is 12.5. The highest BCUT2D eigenvalue weighted by Crippen LogP contribution is 2.31. The van der Waals surface area contributed by atoms with Gasteiger partial charge in [0.1, 0.15) is 6.61 Å². The molecule has 3 aromatic rings. The normalized spacial score (nSPS) is 13.1. The minimum atomic E-state index is -0.334. The van der Waals surface area contributed by atoms with Crippen LogP contribution >= 0.6 is 0 Å². The van der Waals surface area contributed by atoms with E-state index in [0.29, 0.717) is 11.3 Å². The second-order valence-corrected chi connectivity index (χ2v) is 6.50. The Morgan fingerprint density at radius 3 is 2.44 bits per heavy atom. The van der Waals surface area contributed by atoms with Gasteiger partial charge in [0.15, 0.2) is 0 Å². The lowest BCUT2D eigenvalue weighted by atomic mass is 10.1. The van der Waals surface area contributed by atoms with Crippen molar-refractivity contribution < 1.29 is 14.3 Å². The maximum atomic E-state index is 12.5. The molecule has 3 aromatic carbocycles. The number of hydrogen-bond donors (Lipinski definition) is 0. The van der Waals surface area contributed by atoms with E-state index in [4.69, 9.17) is 4.74 Å². The first-order valence-electron chi connectivity index (χ1n) is 8.87. The van der Waals surface area contributed by atoms with Crippen LogP contribution in [0.2, 0.25) is 0 Å². The molecule has 0 saturated carbocycles. The molecule has 0 atom stereocenters. The highest BCUT2D eigenvalue weighted by Gasteiger charge is 2.30. The Balaban J connectivity index is 1.37. The molecule has 0 aromatic heterocycles. The van der Waals surface area contributed by atoms with E-state index in [2.05, 4.69) is 6.58 Å². The molecule has 1 aliphatic rings. The van der Waals surface area contributed by atoms with Crippen LogP contribution in [-0.2, 0) is 16.1 Å². The summed E-state index contributed by atoms with van der Waals surface area (Å²) in [5.74, 6) is -0.447. The zero-order valence-electron chi connectivity index (χ0n) is 14.9. The van der Waals surface area contributed by atoms with Crippen LogP contribution in [0.25, 0.3) is 16.5 Å². The van der Waals surface area contributed by atoms with Crippen LogP contribution in [0, 0.1) is 0 Å². The molecule has 4 rings (SSSR count). The summed E-state index contributed by atoms with van der Waals surface area (Å²) in [7, 11) is 0. The largest absolute Gasteiger partial charge is 0.461 e. The Labute approximate surface area is 157 Å². The molecule has 0 aliphatic carbocycles. The number of rotatable bonds is 5. The molecule has 27 heavy (non-hydrogen) atoms. The van der Waals surface area contributed by atoms with E-state index in [1.54, 1.807) is 11.0 Å². The fourth-order valence-electron chi connectivity index (χ4n) is 3.42. The van der Waals surface area contributed by atoms with Gasteiger partial charge in [-0.3, -0.25) is 9.59 Å². The van der Waals surface area contributed by atoms with Crippen molar-refractivity contribution in [2.24, 2.45) is 0 Å². The molecule has 4 heteroatoms. The van der Waals surface area contributed by atoms with E-state index in [9.17, 15) is 9.59 Å². The number of ether oxygens (including phenoxy) is 1. The third-order valence-electron chi connectivity index (χ3n) is 4.85. The molecule has 0 bridgehead atoms. The van der Waals surface area contributed by atoms with Crippen LogP contribution in [0.1, 0.15) is 27.9 Å². The van der Waals surface area contributed by atoms with E-state index < -0.39 is 0 Å². The molecule has 0 saturated heterocycles. The first-order chi connectivity index (χ1) is 13.1. The molecule has 1 heterocycles. The fourth-order valence-corrected chi connectivity index (χ4v) is 3.42. The highest BCUT2D eigenvalue weighted by molar-refractivity contribution is 6.08. The lowest BCUT2D eigenvalue weighted by molar-refractivity contribution is -0.145. The Bertz CT molecular complexity index is 1010. The predicted molar refractivity (Wildman–Crippen MR) is 105 cm³/mol. The van der Waals surface area contributed by atoms with E-state index in [1.807, 2.05) is 60.7 Å². The smallest absolute Gasteiger partial charge is 0.307 e. The van der Waals surface area contributed by atoms with Crippen molar-refractivity contribution in [3.8, 4) is 0 Å². The first kappa shape index (κ1) is 17.0. The van der Waals surface area contributed by atoms with Crippen molar-refractivity contribution in [1.29, 1.82) is 0 Å². The molecular formula is C23H19NO3. The van der Waals surface area contributed by atoms with Gasteiger partial charge in [-0.15, -0.1) is 0 Å². The van der Waals surface area contributed by atoms with Crippen LogP contribution in [0.3, 0.4) is 0 Å². The molecule has 0 radical (unpaired) electrons. The monoisotopic (exact) mass is 357 g/mol. The number of nitrogens with zero attached hydrogens (tertiary/aromatic N) is 1. The van der Waals surface area contributed by atoms with E-state index >= 15 is 0 Å². The van der Waals surface area contributed by atoms with Gasteiger partial charge in [-0.25, -0.2) is 0 Å². The number of carbonyl (C=O) groups is 2. The molecule has 0 unspecified atom stereocenters. The molecule has 0 spiro atoms. The Morgan fingerprint density at radius 2 is 1.63 bits per heavy atom. The maximum Gasteiger partial charge on any atom is 0.307 e. The number of amides is 1. The standard InChI is InChI=1S/C23H19NO3/c1-16-19-10-4-5-12-21(19)23(26)24(16)14-13-22(25)27-15-18-9-6-8-17-7-2-3-11-20(17)18/h2-12H,1,13-15H2. The lowest BCUT2D eigenvalue weighted by Gasteiger charge is -2.17. The number of carbonyl (C=O) groups excluding carboxylic acids is 2. The van der Waals surface area contributed by atoms with Gasteiger partial charge in [-0.1, -0.05) is 67.2 Å². The van der Waals surface area contributed by atoms with Crippen LogP contribution in [0.15, 0.2) is 73.3 Å². The number of benzene rings is 3. The second-order valence-electron chi connectivity index (χ2n) is 6.50. The average molecular weight is 357 g/mol. The van der Waals surface area contributed by atoms with Crippen molar-refractivity contribution in [2.75, 3.05) is 6.54 Å². The number of esters is 1. The first-order valence-corrected chi connectivity index (χ1v) is 8.87. The van der Waals surface area contributed by atoms with Gasteiger partial charge in [0.2, 0.25) is 0 Å². The molecule has 1 aliphatic heterocycles. The van der Waals surface area contributed by atoms with Crippen molar-refractivity contribution in [3.05, 3.63) is 90.0 Å². The Hall–Kier alpha value is -3.40. The van der Waals surface area contributed by atoms with Crippen molar-refractivity contribution in [1.82, 2.24) is 4.90 Å². The molecule has 134 valence electrons. The van der Waals surface area contributed by atoms with Crippen molar-refractivity contribution in [3.63, 3.8) is 0 Å². The van der Waals surface area contributed by atoms with E-state index in [1.165, 1.54) is 0 Å². The number of fused-ring (bicyclic) bond motifs is 2. The summed E-state index contributed by atoms with van der Waals surface area (Å²) < 4.78 is 5.44. The lowest BCUT2D eigenvalue weighted by Crippen LogP contribution is -2.26. The third kappa shape index (κ3) is 3.22. The van der Waals surface area contributed by atoms with Crippen molar-refractivity contribution >= 4 is 28.3 Å². The van der Waals surface area contributed by atoms with Gasteiger partial charge in [0.25, 0.3) is 5.91 Å². The van der Waals surface area contributed by atoms with Gasteiger partial charge in [0.05, 0.1) is 6.42 Å². The quantitative estimate of drug-likeness (QED) is 0.636. The number of hydrogen-bond acceptors (Lipinski definition) is 3. The molecular weight excluding hydrogens is 338 g/mol. The Morgan fingerprint density at radius 1 is 0.926 bits per heavy atom. The fraction of sp³-hybridized carbons (Fsp3) is 0.130. The Kier molecular flexibility index (Phi) is 4.47. The second kappa shape index (κ2) is 7.08. The summed E-state index contributed by atoms with van der Waals surface area (Å²) in [5, 5.41) is 2.19. The summed E-state index contributed by atoms with van der Waals surface area (Å²) in [5.41, 5.74) is 3.06. The van der Waals surface area contributed by atoms with Crippen LogP contribution in [-0.4, -0.2) is 23.3 Å². The summed E-state index contributed by atoms with van der Waals surface area (Å²) in [6.45, 7) is 4.47. The van der Waals surface area contributed by atoms with Gasteiger partial charge >= 0.3 is 5.97 Å². The van der Waals surface area contributed by atoms with Gasteiger partial charge in [-0.2, -0.15) is 0 Å². The molecule has 1 amide bonds. The summed E-state index contributed by atoms with van der Waals surface area (Å²) >= 11 is 0. The van der Waals surface area contributed by atoms with E-state index in [-0.39, 0.29) is 31.4 Å². The zero-order chi connectivity index (χ0) is 18.8. The summed E-state index contributed by atoms with van der Waals surface area (Å²) in [6.07, 6.45) is 0.128. The molecule has 0 N–H and O–H groups in total. The molecule has 0 fully saturated rings. The molecule has 4 nitrogen and oxygen atoms in total. The highest BCUT2D eigenvalue weighted by atomic mass is 16.5. The zero-order valence-corrected chi connectivity index (χ0v) is 14.9. The minimum absolute atomic E-state index is 0.113. The van der Waals surface area contributed by atoms with Gasteiger partial charge in [-0.05, 0) is 22.4 Å². The summed E-state index contributed by atoms with van der Waals surface area (Å²) in [6, 6.07) is 21.3.